The molecule has 3 rings (SSSR count). The molecule has 3 heterocycles. The lowest BCUT2D eigenvalue weighted by Crippen LogP contribution is -2.19. The third kappa shape index (κ3) is 6.15. The number of halogens is 3. The first kappa shape index (κ1) is 24.4. The number of hydrogen-bond donors (Lipinski definition) is 2. The number of nitrogens with one attached hydrogen (secondary N) is 2. The quantitative estimate of drug-likeness (QED) is 0.471. The largest absolute Gasteiger partial charge is 0.441 e. The van der Waals surface area contributed by atoms with Crippen molar-refractivity contribution < 1.29 is 27.5 Å². The molecule has 1 atom stereocenters. The van der Waals surface area contributed by atoms with Gasteiger partial charge in [0.05, 0.1) is 47.4 Å². The number of aromatic nitrogens is 5. The monoisotopic (exact) mass is 475 g/mol. The van der Waals surface area contributed by atoms with E-state index in [1.165, 1.54) is 30.2 Å². The van der Waals surface area contributed by atoms with E-state index >= 15 is 0 Å². The molecule has 34 heavy (non-hydrogen) atoms. The minimum atomic E-state index is -1.13. The maximum absolute atomic E-state index is 13.8. The Morgan fingerprint density at radius 2 is 1.82 bits per heavy atom. The molecular formula is C21H20F3N7O3. The van der Waals surface area contributed by atoms with E-state index in [1.807, 2.05) is 0 Å². The summed E-state index contributed by atoms with van der Waals surface area (Å²) in [6, 6.07) is 0.887. The molecule has 0 aliphatic rings. The van der Waals surface area contributed by atoms with E-state index < -0.39 is 35.7 Å². The van der Waals surface area contributed by atoms with Crippen molar-refractivity contribution in [3.63, 3.8) is 0 Å². The Labute approximate surface area is 191 Å². The number of anilines is 2. The van der Waals surface area contributed by atoms with E-state index in [0.717, 1.165) is 6.07 Å². The van der Waals surface area contributed by atoms with E-state index in [0.29, 0.717) is 11.8 Å². The highest BCUT2D eigenvalue weighted by Crippen LogP contribution is 2.26. The van der Waals surface area contributed by atoms with Crippen molar-refractivity contribution in [3.05, 3.63) is 60.6 Å². The lowest BCUT2D eigenvalue weighted by atomic mass is 10.2. The van der Waals surface area contributed by atoms with Crippen molar-refractivity contribution in [2.75, 3.05) is 10.6 Å². The Kier molecular flexibility index (Phi) is 7.56. The molecule has 178 valence electrons. The fraction of sp³-hybridized carbons (Fsp3) is 0.238. The van der Waals surface area contributed by atoms with Crippen LogP contribution in [-0.4, -0.2) is 36.7 Å². The van der Waals surface area contributed by atoms with Crippen molar-refractivity contribution in [1.29, 1.82) is 0 Å². The summed E-state index contributed by atoms with van der Waals surface area (Å²) in [5.41, 5.74) is 0.394. The molecule has 0 fully saturated rings. The number of amides is 2. The number of rotatable bonds is 8. The van der Waals surface area contributed by atoms with E-state index in [9.17, 15) is 22.8 Å². The molecule has 0 aliphatic heterocycles. The molecule has 3 aromatic heterocycles. The lowest BCUT2D eigenvalue weighted by Gasteiger charge is -2.15. The van der Waals surface area contributed by atoms with E-state index in [-0.39, 0.29) is 35.7 Å². The van der Waals surface area contributed by atoms with Crippen LogP contribution in [0.1, 0.15) is 31.4 Å². The molecule has 0 aliphatic carbocycles. The summed E-state index contributed by atoms with van der Waals surface area (Å²) in [6.45, 7) is 4.46. The Morgan fingerprint density at radius 1 is 1.12 bits per heavy atom. The number of carbonyl (C=O) groups excluding carboxylic acids is 2. The fourth-order valence-electron chi connectivity index (χ4n) is 2.83. The Morgan fingerprint density at radius 3 is 2.50 bits per heavy atom. The van der Waals surface area contributed by atoms with E-state index in [4.69, 9.17) is 4.74 Å². The van der Waals surface area contributed by atoms with Crippen LogP contribution in [-0.2, 0) is 16.6 Å². The second-order valence-electron chi connectivity index (χ2n) is 7.10. The highest BCUT2D eigenvalue weighted by Gasteiger charge is 2.21. The molecule has 0 saturated heterocycles. The summed E-state index contributed by atoms with van der Waals surface area (Å²) in [7, 11) is 1.55. The van der Waals surface area contributed by atoms with Crippen LogP contribution in [0.5, 0.6) is 0 Å². The molecule has 0 radical (unpaired) electrons. The lowest BCUT2D eigenvalue weighted by molar-refractivity contribution is -0.116. The maximum Gasteiger partial charge on any atom is 0.413 e. The molecule has 2 amide bonds. The molecule has 2 N–H and O–H groups in total. The van der Waals surface area contributed by atoms with Gasteiger partial charge in [0.2, 0.25) is 11.9 Å². The first-order chi connectivity index (χ1) is 16.1. The van der Waals surface area contributed by atoms with Gasteiger partial charge in [-0.05, 0) is 13.0 Å². The Balaban J connectivity index is 1.69. The average molecular weight is 475 g/mol. The second-order valence-corrected chi connectivity index (χ2v) is 7.10. The zero-order chi connectivity index (χ0) is 24.8. The summed E-state index contributed by atoms with van der Waals surface area (Å²) >= 11 is 0. The maximum atomic E-state index is 13.8. The molecule has 0 aromatic carbocycles. The highest BCUT2D eigenvalue weighted by atomic mass is 19.1. The summed E-state index contributed by atoms with van der Waals surface area (Å²) < 4.78 is 46.3. The van der Waals surface area contributed by atoms with Gasteiger partial charge in [0.15, 0.2) is 5.82 Å². The summed E-state index contributed by atoms with van der Waals surface area (Å²) in [5.74, 6) is -2.41. The van der Waals surface area contributed by atoms with Gasteiger partial charge in [-0.3, -0.25) is 14.8 Å². The second kappa shape index (κ2) is 10.6. The summed E-state index contributed by atoms with van der Waals surface area (Å²) in [6.07, 6.45) is 2.52. The molecule has 0 bridgehead atoms. The molecule has 3 aromatic rings. The normalized spacial score (nSPS) is 11.6. The number of aryl methyl sites for hydroxylation is 1. The number of carbonyl (C=O) groups is 2. The predicted molar refractivity (Wildman–Crippen MR) is 115 cm³/mol. The van der Waals surface area contributed by atoms with Gasteiger partial charge in [0.25, 0.3) is 0 Å². The zero-order valence-electron chi connectivity index (χ0n) is 18.2. The van der Waals surface area contributed by atoms with Crippen molar-refractivity contribution in [2.45, 2.75) is 25.9 Å². The Bertz CT molecular complexity index is 1210. The van der Waals surface area contributed by atoms with Gasteiger partial charge in [-0.15, -0.1) is 0 Å². The SMILES string of the molecule is C=C(F)CCC(=O)Nc1cnc(-c2cnn(C)c2NC(=O)O[C@H](C)c2cc(F)cnc2F)nc1. The molecule has 0 unspecified atom stereocenters. The standard InChI is InChI=1S/C21H20F3N7O3/c1-11(22)4-5-17(32)29-14-8-26-19(27-9-14)16-10-28-31(3)20(16)30-21(33)34-12(2)15-6-13(23)7-25-18(15)24/h6-10,12H,1,4-5H2,2-3H3,(H,29,32)(H,30,33)/t12-/m1/s1. The number of pyridine rings is 1. The Hall–Kier alpha value is -4.29. The number of hydrogen-bond acceptors (Lipinski definition) is 7. The van der Waals surface area contributed by atoms with Crippen molar-refractivity contribution in [3.8, 4) is 11.4 Å². The number of nitrogens with zero attached hydrogens (tertiary/aromatic N) is 5. The van der Waals surface area contributed by atoms with Crippen molar-refractivity contribution in [1.82, 2.24) is 24.7 Å². The summed E-state index contributed by atoms with van der Waals surface area (Å²) in [4.78, 5) is 35.7. The average Bonchev–Trinajstić information content (AvgIpc) is 3.14. The van der Waals surface area contributed by atoms with Crippen LogP contribution in [0.2, 0.25) is 0 Å². The van der Waals surface area contributed by atoms with Crippen LogP contribution in [0.25, 0.3) is 11.4 Å². The zero-order valence-corrected chi connectivity index (χ0v) is 18.2. The van der Waals surface area contributed by atoms with Crippen molar-refractivity contribution >= 4 is 23.5 Å². The topological polar surface area (TPSA) is 124 Å². The molecule has 0 spiro atoms. The van der Waals surface area contributed by atoms with Gasteiger partial charge < -0.3 is 10.1 Å². The van der Waals surface area contributed by atoms with Crippen LogP contribution in [0.15, 0.2) is 43.3 Å². The first-order valence-electron chi connectivity index (χ1n) is 9.90. The third-order valence-electron chi connectivity index (χ3n) is 4.51. The van der Waals surface area contributed by atoms with Gasteiger partial charge in [-0.2, -0.15) is 9.49 Å². The van der Waals surface area contributed by atoms with Gasteiger partial charge in [0, 0.05) is 19.9 Å². The van der Waals surface area contributed by atoms with Gasteiger partial charge >= 0.3 is 6.09 Å². The highest BCUT2D eigenvalue weighted by molar-refractivity contribution is 5.91. The van der Waals surface area contributed by atoms with Crippen LogP contribution < -0.4 is 10.6 Å². The van der Waals surface area contributed by atoms with Crippen LogP contribution in [0.4, 0.5) is 29.5 Å². The molecule has 10 nitrogen and oxygen atoms in total. The van der Waals surface area contributed by atoms with Crippen LogP contribution in [0.3, 0.4) is 0 Å². The minimum absolute atomic E-state index is 0.0795. The number of ether oxygens (including phenoxy) is 1. The minimum Gasteiger partial charge on any atom is -0.441 e. The van der Waals surface area contributed by atoms with Crippen LogP contribution in [0, 0.1) is 11.8 Å². The summed E-state index contributed by atoms with van der Waals surface area (Å²) in [5, 5.41) is 9.06. The molecule has 0 saturated carbocycles. The van der Waals surface area contributed by atoms with E-state index in [1.54, 1.807) is 7.05 Å². The third-order valence-corrected chi connectivity index (χ3v) is 4.51. The first-order valence-corrected chi connectivity index (χ1v) is 9.90. The van der Waals surface area contributed by atoms with Crippen molar-refractivity contribution in [2.24, 2.45) is 7.05 Å². The van der Waals surface area contributed by atoms with Gasteiger partial charge in [0.1, 0.15) is 17.7 Å². The van der Waals surface area contributed by atoms with Gasteiger partial charge in [-0.1, -0.05) is 6.58 Å². The van der Waals surface area contributed by atoms with Gasteiger partial charge in [-0.25, -0.2) is 28.5 Å². The fourth-order valence-corrected chi connectivity index (χ4v) is 2.83. The molecule has 13 heteroatoms. The molecular weight excluding hydrogens is 455 g/mol. The number of allylic oxidation sites excluding steroid dienone is 1. The predicted octanol–water partition coefficient (Wildman–Crippen LogP) is 4.06. The smallest absolute Gasteiger partial charge is 0.413 e. The van der Waals surface area contributed by atoms with E-state index in [2.05, 4.69) is 37.3 Å². The van der Waals surface area contributed by atoms with Crippen LogP contribution >= 0.6 is 0 Å².